The smallest absolute Gasteiger partial charge is 0.260 e. The van der Waals surface area contributed by atoms with E-state index < -0.39 is 11.5 Å². The molecule has 0 aliphatic heterocycles. The Morgan fingerprint density at radius 1 is 1.24 bits per heavy atom. The van der Waals surface area contributed by atoms with E-state index in [0.717, 1.165) is 11.0 Å². The van der Waals surface area contributed by atoms with Gasteiger partial charge in [-0.05, 0) is 31.2 Å². The number of imidazole rings is 1. The fraction of sp³-hybridized carbons (Fsp3) is 0.133. The molecule has 3 N–H and O–H groups in total. The number of carbonyl (C=O) groups excluding carboxylic acids is 1. The largest absolute Gasteiger partial charge is 0.342 e. The van der Waals surface area contributed by atoms with Crippen molar-refractivity contribution in [2.45, 2.75) is 13.0 Å². The van der Waals surface area contributed by atoms with Crippen molar-refractivity contribution in [3.63, 3.8) is 0 Å². The molecule has 0 aliphatic carbocycles. The predicted octanol–water partition coefficient (Wildman–Crippen LogP) is 1.74. The summed E-state index contributed by atoms with van der Waals surface area (Å²) in [6.45, 7) is 1.81. The van der Waals surface area contributed by atoms with Crippen LogP contribution >= 0.6 is 0 Å². The van der Waals surface area contributed by atoms with Crippen molar-refractivity contribution in [2.75, 3.05) is 0 Å². The van der Waals surface area contributed by atoms with Crippen molar-refractivity contribution in [2.24, 2.45) is 0 Å². The Morgan fingerprint density at radius 3 is 2.81 bits per heavy atom. The number of nitrogens with zero attached hydrogens (tertiary/aromatic N) is 1. The number of aromatic amines is 2. The van der Waals surface area contributed by atoms with E-state index in [-0.39, 0.29) is 11.6 Å². The number of para-hydroxylation sites is 2. The lowest BCUT2D eigenvalue weighted by Gasteiger charge is -2.10. The molecule has 3 rings (SSSR count). The molecule has 21 heavy (non-hydrogen) atoms. The number of hydrogen-bond donors (Lipinski definition) is 3. The summed E-state index contributed by atoms with van der Waals surface area (Å²) in [5.41, 5.74) is 1.42. The number of pyridine rings is 1. The molecule has 1 amide bonds. The molecule has 3 aromatic rings. The Hall–Kier alpha value is -2.89. The number of nitrogens with one attached hydrogen (secondary N) is 3. The highest BCUT2D eigenvalue weighted by molar-refractivity contribution is 5.94. The van der Waals surface area contributed by atoms with Gasteiger partial charge in [-0.3, -0.25) is 9.59 Å². The second kappa shape index (κ2) is 5.24. The van der Waals surface area contributed by atoms with E-state index in [1.165, 1.54) is 12.3 Å². The summed E-state index contributed by atoms with van der Waals surface area (Å²) in [5, 5.41) is 2.76. The van der Waals surface area contributed by atoms with Crippen LogP contribution in [-0.4, -0.2) is 20.9 Å². The zero-order chi connectivity index (χ0) is 14.8. The van der Waals surface area contributed by atoms with Crippen molar-refractivity contribution >= 4 is 16.9 Å². The number of fused-ring (bicyclic) bond motifs is 1. The maximum Gasteiger partial charge on any atom is 0.260 e. The number of benzene rings is 1. The number of amides is 1. The van der Waals surface area contributed by atoms with Crippen LogP contribution in [0.4, 0.5) is 0 Å². The van der Waals surface area contributed by atoms with Gasteiger partial charge >= 0.3 is 0 Å². The van der Waals surface area contributed by atoms with E-state index in [0.29, 0.717) is 5.82 Å². The van der Waals surface area contributed by atoms with Gasteiger partial charge in [0.25, 0.3) is 11.5 Å². The highest BCUT2D eigenvalue weighted by atomic mass is 16.2. The molecule has 0 saturated heterocycles. The maximum absolute atomic E-state index is 12.1. The van der Waals surface area contributed by atoms with Gasteiger partial charge in [-0.1, -0.05) is 12.1 Å². The normalized spacial score (nSPS) is 12.2. The van der Waals surface area contributed by atoms with Crippen LogP contribution < -0.4 is 10.9 Å². The highest BCUT2D eigenvalue weighted by Crippen LogP contribution is 2.15. The van der Waals surface area contributed by atoms with Gasteiger partial charge in [-0.25, -0.2) is 4.98 Å². The molecule has 0 bridgehead atoms. The minimum absolute atomic E-state index is 0.0838. The number of aromatic nitrogens is 3. The highest BCUT2D eigenvalue weighted by Gasteiger charge is 2.16. The second-order valence-electron chi connectivity index (χ2n) is 4.75. The molecule has 6 nitrogen and oxygen atoms in total. The van der Waals surface area contributed by atoms with Gasteiger partial charge < -0.3 is 15.3 Å². The van der Waals surface area contributed by atoms with Gasteiger partial charge in [0.05, 0.1) is 17.1 Å². The lowest BCUT2D eigenvalue weighted by molar-refractivity contribution is 0.0937. The Balaban J connectivity index is 1.83. The van der Waals surface area contributed by atoms with E-state index in [1.54, 1.807) is 6.07 Å². The first kappa shape index (κ1) is 13.1. The van der Waals surface area contributed by atoms with Crippen LogP contribution in [0.25, 0.3) is 11.0 Å². The Bertz CT molecular complexity index is 817. The summed E-state index contributed by atoms with van der Waals surface area (Å²) in [4.78, 5) is 33.7. The summed E-state index contributed by atoms with van der Waals surface area (Å²) in [7, 11) is 0. The SMILES string of the molecule is CC(NC(=O)c1ccc[nH]c1=O)c1nc2ccccc2[nH]1. The van der Waals surface area contributed by atoms with E-state index in [2.05, 4.69) is 20.3 Å². The molecule has 1 atom stereocenters. The van der Waals surface area contributed by atoms with Crippen molar-refractivity contribution in [1.29, 1.82) is 0 Å². The zero-order valence-electron chi connectivity index (χ0n) is 11.4. The summed E-state index contributed by atoms with van der Waals surface area (Å²) in [5.74, 6) is 0.224. The lowest BCUT2D eigenvalue weighted by Crippen LogP contribution is -2.31. The van der Waals surface area contributed by atoms with Crippen LogP contribution in [-0.2, 0) is 0 Å². The average Bonchev–Trinajstić information content (AvgIpc) is 2.91. The summed E-state index contributed by atoms with van der Waals surface area (Å²) in [6, 6.07) is 10.4. The van der Waals surface area contributed by atoms with Crippen LogP contribution in [0, 0.1) is 0 Å². The van der Waals surface area contributed by atoms with Gasteiger partial charge in [0.15, 0.2) is 0 Å². The molecule has 6 heteroatoms. The molecule has 2 aromatic heterocycles. The van der Waals surface area contributed by atoms with E-state index in [4.69, 9.17) is 0 Å². The summed E-state index contributed by atoms with van der Waals surface area (Å²) in [6.07, 6.45) is 1.49. The van der Waals surface area contributed by atoms with E-state index in [1.807, 2.05) is 31.2 Å². The molecule has 0 aliphatic rings. The van der Waals surface area contributed by atoms with E-state index >= 15 is 0 Å². The van der Waals surface area contributed by atoms with Crippen molar-refractivity contribution in [3.05, 3.63) is 64.3 Å². The van der Waals surface area contributed by atoms with Gasteiger partial charge in [-0.2, -0.15) is 0 Å². The molecular weight excluding hydrogens is 268 g/mol. The molecule has 0 radical (unpaired) electrons. The third kappa shape index (κ3) is 2.55. The van der Waals surface area contributed by atoms with Crippen LogP contribution in [0.15, 0.2) is 47.4 Å². The Kier molecular flexibility index (Phi) is 3.27. The minimum atomic E-state index is -0.426. The first-order valence-electron chi connectivity index (χ1n) is 6.58. The van der Waals surface area contributed by atoms with Crippen LogP contribution in [0.1, 0.15) is 29.1 Å². The van der Waals surface area contributed by atoms with E-state index in [9.17, 15) is 9.59 Å². The first-order chi connectivity index (χ1) is 10.1. The van der Waals surface area contributed by atoms with Crippen LogP contribution in [0.5, 0.6) is 0 Å². The first-order valence-corrected chi connectivity index (χ1v) is 6.58. The third-order valence-corrected chi connectivity index (χ3v) is 3.23. The summed E-state index contributed by atoms with van der Waals surface area (Å²) >= 11 is 0. The Labute approximate surface area is 120 Å². The zero-order valence-corrected chi connectivity index (χ0v) is 11.4. The van der Waals surface area contributed by atoms with Gasteiger partial charge in [0.2, 0.25) is 0 Å². The number of carbonyl (C=O) groups is 1. The molecule has 0 fully saturated rings. The fourth-order valence-electron chi connectivity index (χ4n) is 2.12. The number of rotatable bonds is 3. The van der Waals surface area contributed by atoms with Crippen molar-refractivity contribution in [1.82, 2.24) is 20.3 Å². The molecule has 106 valence electrons. The monoisotopic (exact) mass is 282 g/mol. The second-order valence-corrected chi connectivity index (χ2v) is 4.75. The van der Waals surface area contributed by atoms with Crippen molar-refractivity contribution < 1.29 is 4.79 Å². The predicted molar refractivity (Wildman–Crippen MR) is 79.0 cm³/mol. The molecule has 0 saturated carbocycles. The topological polar surface area (TPSA) is 90.6 Å². The molecule has 1 aromatic carbocycles. The van der Waals surface area contributed by atoms with Gasteiger partial charge in [0.1, 0.15) is 11.4 Å². The number of H-pyrrole nitrogens is 2. The molecule has 1 unspecified atom stereocenters. The average molecular weight is 282 g/mol. The summed E-state index contributed by atoms with van der Waals surface area (Å²) < 4.78 is 0. The van der Waals surface area contributed by atoms with Crippen LogP contribution in [0.3, 0.4) is 0 Å². The van der Waals surface area contributed by atoms with Crippen molar-refractivity contribution in [3.8, 4) is 0 Å². The number of hydrogen-bond acceptors (Lipinski definition) is 3. The quantitative estimate of drug-likeness (QED) is 0.683. The maximum atomic E-state index is 12.1. The molecule has 2 heterocycles. The fourth-order valence-corrected chi connectivity index (χ4v) is 2.12. The van der Waals surface area contributed by atoms with Gasteiger partial charge in [0, 0.05) is 6.20 Å². The minimum Gasteiger partial charge on any atom is -0.342 e. The third-order valence-electron chi connectivity index (χ3n) is 3.23. The van der Waals surface area contributed by atoms with Gasteiger partial charge in [-0.15, -0.1) is 0 Å². The molecular formula is C15H14N4O2. The molecule has 0 spiro atoms. The Morgan fingerprint density at radius 2 is 2.05 bits per heavy atom. The van der Waals surface area contributed by atoms with Crippen LogP contribution in [0.2, 0.25) is 0 Å². The lowest BCUT2D eigenvalue weighted by atomic mass is 10.2. The standard InChI is InChI=1S/C15H14N4O2/c1-9(13-18-11-6-2-3-7-12(11)19-13)17-15(21)10-5-4-8-16-14(10)20/h2-9H,1H3,(H,16,20)(H,17,21)(H,18,19).